The van der Waals surface area contributed by atoms with E-state index in [0.29, 0.717) is 16.9 Å². The predicted molar refractivity (Wildman–Crippen MR) is 110 cm³/mol. The second kappa shape index (κ2) is 8.79. The van der Waals surface area contributed by atoms with Crippen LogP contribution >= 0.6 is 11.3 Å². The number of aromatic nitrogens is 5. The summed E-state index contributed by atoms with van der Waals surface area (Å²) < 4.78 is 20.9. The van der Waals surface area contributed by atoms with E-state index in [4.69, 9.17) is 4.74 Å². The lowest BCUT2D eigenvalue weighted by molar-refractivity contribution is -0.115. The molecular weight excluding hydrogens is 423 g/mol. The minimum atomic E-state index is -0.554. The van der Waals surface area contributed by atoms with E-state index in [0.717, 1.165) is 11.3 Å². The van der Waals surface area contributed by atoms with Crippen LogP contribution in [0, 0.1) is 5.82 Å². The second-order valence-electron chi connectivity index (χ2n) is 6.31. The van der Waals surface area contributed by atoms with Gasteiger partial charge >= 0.3 is 5.97 Å². The normalized spacial score (nSPS) is 10.6. The van der Waals surface area contributed by atoms with Crippen molar-refractivity contribution in [1.29, 1.82) is 0 Å². The molecule has 0 saturated carbocycles. The summed E-state index contributed by atoms with van der Waals surface area (Å²) in [6.07, 6.45) is 1.41. The van der Waals surface area contributed by atoms with Crippen LogP contribution in [-0.4, -0.2) is 37.1 Å². The van der Waals surface area contributed by atoms with Gasteiger partial charge in [-0.05, 0) is 40.8 Å². The monoisotopic (exact) mass is 438 g/mol. The third kappa shape index (κ3) is 4.46. The van der Waals surface area contributed by atoms with Crippen molar-refractivity contribution in [2.45, 2.75) is 13.5 Å². The van der Waals surface area contributed by atoms with Crippen LogP contribution < -0.4 is 4.90 Å². The molecule has 0 aliphatic carbocycles. The summed E-state index contributed by atoms with van der Waals surface area (Å²) in [5, 5.41) is 12.8. The number of nitrogens with zero attached hydrogens (tertiary/aromatic N) is 6. The molecule has 2 heterocycles. The predicted octanol–water partition coefficient (Wildman–Crippen LogP) is 3.30. The molecule has 2 aromatic carbocycles. The van der Waals surface area contributed by atoms with Gasteiger partial charge in [-0.2, -0.15) is 0 Å². The first-order chi connectivity index (χ1) is 15.0. The molecule has 4 aromatic rings. The average Bonchev–Trinajstić information content (AvgIpc) is 3.46. The van der Waals surface area contributed by atoms with Gasteiger partial charge in [0.2, 0.25) is 5.91 Å². The minimum absolute atomic E-state index is 0.104. The van der Waals surface area contributed by atoms with Crippen molar-refractivity contribution in [2.24, 2.45) is 0 Å². The summed E-state index contributed by atoms with van der Waals surface area (Å²) in [5.74, 6) is -1.48. The molecule has 0 bridgehead atoms. The fraction of sp³-hybridized carbons (Fsp3) is 0.100. The van der Waals surface area contributed by atoms with Gasteiger partial charge in [-0.15, -0.1) is 16.4 Å². The van der Waals surface area contributed by atoms with Crippen molar-refractivity contribution < 1.29 is 18.7 Å². The van der Waals surface area contributed by atoms with E-state index in [9.17, 15) is 14.0 Å². The second-order valence-corrected chi connectivity index (χ2v) is 7.14. The number of benzene rings is 2. The molecule has 0 N–H and O–H groups in total. The molecule has 9 nitrogen and oxygen atoms in total. The fourth-order valence-electron chi connectivity index (χ4n) is 2.78. The maximum absolute atomic E-state index is 14.2. The number of rotatable bonds is 6. The summed E-state index contributed by atoms with van der Waals surface area (Å²) >= 11 is 1.15. The zero-order valence-corrected chi connectivity index (χ0v) is 17.0. The van der Waals surface area contributed by atoms with Gasteiger partial charge in [0.1, 0.15) is 18.8 Å². The van der Waals surface area contributed by atoms with Crippen molar-refractivity contribution in [2.75, 3.05) is 4.90 Å². The Morgan fingerprint density at radius 1 is 1.19 bits per heavy atom. The van der Waals surface area contributed by atoms with Gasteiger partial charge in [-0.3, -0.25) is 9.69 Å². The van der Waals surface area contributed by atoms with Crippen LogP contribution in [0.25, 0.3) is 5.69 Å². The number of hydrogen-bond acceptors (Lipinski definition) is 8. The number of thiazole rings is 1. The van der Waals surface area contributed by atoms with Gasteiger partial charge in [0.15, 0.2) is 5.13 Å². The lowest BCUT2D eigenvalue weighted by Crippen LogP contribution is -2.23. The molecule has 0 aliphatic heterocycles. The largest absolute Gasteiger partial charge is 0.456 e. The third-order valence-electron chi connectivity index (χ3n) is 4.19. The summed E-state index contributed by atoms with van der Waals surface area (Å²) in [6.45, 7) is 1.22. The Balaban J connectivity index is 1.47. The van der Waals surface area contributed by atoms with Crippen LogP contribution in [0.2, 0.25) is 0 Å². The highest BCUT2D eigenvalue weighted by atomic mass is 32.1. The van der Waals surface area contributed by atoms with E-state index in [1.54, 1.807) is 35.7 Å². The molecule has 0 atom stereocenters. The molecule has 0 unspecified atom stereocenters. The van der Waals surface area contributed by atoms with Crippen molar-refractivity contribution in [1.82, 2.24) is 25.2 Å². The Morgan fingerprint density at radius 2 is 2.03 bits per heavy atom. The summed E-state index contributed by atoms with van der Waals surface area (Å²) in [7, 11) is 0. The molecule has 0 saturated heterocycles. The molecule has 0 fully saturated rings. The third-order valence-corrected chi connectivity index (χ3v) is 5.06. The van der Waals surface area contributed by atoms with Gasteiger partial charge in [0.05, 0.1) is 22.6 Å². The van der Waals surface area contributed by atoms with Crippen LogP contribution in [0.1, 0.15) is 23.0 Å². The number of halogens is 1. The highest BCUT2D eigenvalue weighted by Gasteiger charge is 2.21. The highest BCUT2D eigenvalue weighted by molar-refractivity contribution is 7.14. The van der Waals surface area contributed by atoms with Gasteiger partial charge in [0.25, 0.3) is 0 Å². The van der Waals surface area contributed by atoms with Crippen LogP contribution in [0.5, 0.6) is 0 Å². The van der Waals surface area contributed by atoms with E-state index in [-0.39, 0.29) is 23.3 Å². The van der Waals surface area contributed by atoms with Crippen LogP contribution in [0.3, 0.4) is 0 Å². The Labute approximate surface area is 179 Å². The van der Waals surface area contributed by atoms with Gasteiger partial charge in [-0.1, -0.05) is 18.2 Å². The Bertz CT molecular complexity index is 1230. The molecule has 1 amide bonds. The molecule has 2 aromatic heterocycles. The molecule has 31 heavy (non-hydrogen) atoms. The number of anilines is 2. The Hall–Kier alpha value is -3.99. The van der Waals surface area contributed by atoms with E-state index < -0.39 is 11.8 Å². The fourth-order valence-corrected chi connectivity index (χ4v) is 3.65. The summed E-state index contributed by atoms with van der Waals surface area (Å²) in [6, 6.07) is 12.6. The number of hydrogen-bond donors (Lipinski definition) is 0. The molecule has 4 rings (SSSR count). The number of ether oxygens (including phenoxy) is 1. The topological polar surface area (TPSA) is 103 Å². The number of para-hydroxylation sites is 1. The zero-order valence-electron chi connectivity index (χ0n) is 16.2. The van der Waals surface area contributed by atoms with Crippen molar-refractivity contribution in [3.05, 3.63) is 77.3 Å². The molecular formula is C20H15FN6O3S. The first-order valence-electron chi connectivity index (χ1n) is 9.03. The summed E-state index contributed by atoms with van der Waals surface area (Å²) in [4.78, 5) is 30.0. The maximum Gasteiger partial charge on any atom is 0.338 e. The lowest BCUT2D eigenvalue weighted by atomic mass is 10.2. The average molecular weight is 438 g/mol. The highest BCUT2D eigenvalue weighted by Crippen LogP contribution is 2.30. The van der Waals surface area contributed by atoms with Crippen LogP contribution in [-0.2, 0) is 16.1 Å². The number of esters is 1. The minimum Gasteiger partial charge on any atom is -0.456 e. The summed E-state index contributed by atoms with van der Waals surface area (Å²) in [5.41, 5.74) is 1.47. The molecule has 0 aliphatic rings. The Kier molecular flexibility index (Phi) is 5.76. The quantitative estimate of drug-likeness (QED) is 0.426. The van der Waals surface area contributed by atoms with Crippen LogP contribution in [0.4, 0.5) is 15.2 Å². The lowest BCUT2D eigenvalue weighted by Gasteiger charge is -2.18. The molecule has 156 valence electrons. The van der Waals surface area contributed by atoms with Crippen molar-refractivity contribution in [3.63, 3.8) is 0 Å². The zero-order chi connectivity index (χ0) is 21.8. The number of amides is 1. The molecule has 0 spiro atoms. The van der Waals surface area contributed by atoms with E-state index in [2.05, 4.69) is 20.5 Å². The Morgan fingerprint density at radius 3 is 2.77 bits per heavy atom. The van der Waals surface area contributed by atoms with E-state index >= 15 is 0 Å². The number of tetrazole rings is 1. The maximum atomic E-state index is 14.2. The first-order valence-corrected chi connectivity index (χ1v) is 9.91. The standard InChI is InChI=1S/C20H15FN6O3S/c1-13(28)27(18-8-3-2-7-17(18)21)20-23-15(11-31-20)10-30-19(29)14-5-4-6-16(9-14)26-12-22-24-25-26/h2-9,11-12H,10H2,1H3. The van der Waals surface area contributed by atoms with Gasteiger partial charge in [-0.25, -0.2) is 18.9 Å². The van der Waals surface area contributed by atoms with Crippen molar-refractivity contribution >= 4 is 34.0 Å². The SMILES string of the molecule is CC(=O)N(c1nc(COC(=O)c2cccc(-n3cnnn3)c2)cs1)c1ccccc1F. The van der Waals surface area contributed by atoms with E-state index in [1.165, 1.54) is 41.0 Å². The molecule has 0 radical (unpaired) electrons. The van der Waals surface area contributed by atoms with Crippen LogP contribution in [0.15, 0.2) is 60.2 Å². The number of carbonyl (C=O) groups excluding carboxylic acids is 2. The molecule has 11 heteroatoms. The van der Waals surface area contributed by atoms with E-state index in [1.807, 2.05) is 0 Å². The van der Waals surface area contributed by atoms with Gasteiger partial charge in [0, 0.05) is 12.3 Å². The van der Waals surface area contributed by atoms with Gasteiger partial charge < -0.3 is 4.74 Å². The number of carbonyl (C=O) groups is 2. The first kappa shape index (κ1) is 20.3. The van der Waals surface area contributed by atoms with Crippen molar-refractivity contribution in [3.8, 4) is 5.69 Å². The smallest absolute Gasteiger partial charge is 0.338 e.